The lowest BCUT2D eigenvalue weighted by atomic mass is 10.1. The number of aromatic nitrogens is 3. The Labute approximate surface area is 213 Å². The molecule has 1 aliphatic heterocycles. The number of carbonyl (C=O) groups excluding carboxylic acids is 1. The van der Waals surface area contributed by atoms with Gasteiger partial charge >= 0.3 is 0 Å². The van der Waals surface area contributed by atoms with E-state index in [9.17, 15) is 9.59 Å². The minimum Gasteiger partial charge on any atom is -0.481 e. The minimum atomic E-state index is -0.489. The zero-order valence-electron chi connectivity index (χ0n) is 20.5. The monoisotopic (exact) mass is 503 g/mol. The van der Waals surface area contributed by atoms with Crippen LogP contribution in [0.25, 0.3) is 15.5 Å². The molecular weight excluding hydrogens is 474 g/mol. The van der Waals surface area contributed by atoms with Crippen molar-refractivity contribution in [2.45, 2.75) is 32.9 Å². The second-order valence-corrected chi connectivity index (χ2v) is 9.94. The first-order valence-electron chi connectivity index (χ1n) is 12.2. The van der Waals surface area contributed by atoms with E-state index in [1.165, 1.54) is 15.9 Å². The highest BCUT2D eigenvalue weighted by atomic mass is 32.1. The van der Waals surface area contributed by atoms with Crippen molar-refractivity contribution in [2.24, 2.45) is 0 Å². The molecule has 0 saturated carbocycles. The van der Waals surface area contributed by atoms with Crippen molar-refractivity contribution in [3.05, 3.63) is 82.3 Å². The summed E-state index contributed by atoms with van der Waals surface area (Å²) < 4.78 is 7.31. The van der Waals surface area contributed by atoms with Crippen molar-refractivity contribution in [3.63, 3.8) is 0 Å². The fourth-order valence-corrected chi connectivity index (χ4v) is 5.28. The maximum absolute atomic E-state index is 13.1. The number of fused-ring (bicyclic) bond motifs is 1. The van der Waals surface area contributed by atoms with Crippen molar-refractivity contribution < 1.29 is 9.53 Å². The number of para-hydroxylation sites is 1. The van der Waals surface area contributed by atoms with E-state index in [0.29, 0.717) is 49.9 Å². The zero-order chi connectivity index (χ0) is 25.1. The van der Waals surface area contributed by atoms with Gasteiger partial charge in [0.05, 0.1) is 5.69 Å². The standard InChI is InChI=1S/C27H29N5O3S/c1-3-23(35-22-10-5-4-6-11-22)26(34)31-14-12-30(13-15-31)18-21-17-24(33)32-27(28-21)36-25(29-32)20-9-7-8-19(2)16-20/h4-11,16-17,23H,3,12-15,18H2,1-2H3. The Balaban J connectivity index is 1.22. The summed E-state index contributed by atoms with van der Waals surface area (Å²) in [4.78, 5) is 35.2. The number of ether oxygens (including phenoxy) is 1. The summed E-state index contributed by atoms with van der Waals surface area (Å²) in [7, 11) is 0. The number of hydrogen-bond acceptors (Lipinski definition) is 7. The third-order valence-corrected chi connectivity index (χ3v) is 7.26. The summed E-state index contributed by atoms with van der Waals surface area (Å²) in [5, 5.41) is 5.26. The number of piperazine rings is 1. The molecule has 8 nitrogen and oxygen atoms in total. The molecule has 1 unspecified atom stereocenters. The van der Waals surface area contributed by atoms with Crippen LogP contribution in [0.3, 0.4) is 0 Å². The fraction of sp³-hybridized carbons (Fsp3) is 0.333. The number of hydrogen-bond donors (Lipinski definition) is 0. The van der Waals surface area contributed by atoms with E-state index >= 15 is 0 Å². The van der Waals surface area contributed by atoms with E-state index in [4.69, 9.17) is 9.72 Å². The van der Waals surface area contributed by atoms with Crippen molar-refractivity contribution in [3.8, 4) is 16.3 Å². The van der Waals surface area contributed by atoms with Gasteiger partial charge in [0.1, 0.15) is 10.8 Å². The van der Waals surface area contributed by atoms with Crippen LogP contribution < -0.4 is 10.3 Å². The van der Waals surface area contributed by atoms with Crippen molar-refractivity contribution in [1.82, 2.24) is 24.4 Å². The Bertz CT molecular complexity index is 1410. The second-order valence-electron chi connectivity index (χ2n) is 8.99. The molecule has 0 spiro atoms. The van der Waals surface area contributed by atoms with E-state index in [0.717, 1.165) is 21.8 Å². The summed E-state index contributed by atoms with van der Waals surface area (Å²) in [5.74, 6) is 0.727. The molecule has 1 atom stereocenters. The molecule has 1 amide bonds. The van der Waals surface area contributed by atoms with Gasteiger partial charge in [-0.05, 0) is 31.5 Å². The first kappa shape index (κ1) is 24.1. The number of nitrogens with zero attached hydrogens (tertiary/aromatic N) is 5. The molecule has 5 rings (SSSR count). The Morgan fingerprint density at radius 2 is 1.83 bits per heavy atom. The number of benzene rings is 2. The summed E-state index contributed by atoms with van der Waals surface area (Å²) in [6.45, 7) is 7.22. The molecule has 1 aliphatic rings. The summed E-state index contributed by atoms with van der Waals surface area (Å²) in [6, 6.07) is 19.1. The van der Waals surface area contributed by atoms with E-state index < -0.39 is 6.10 Å². The number of carbonyl (C=O) groups is 1. The first-order valence-corrected chi connectivity index (χ1v) is 13.0. The highest BCUT2D eigenvalue weighted by Gasteiger charge is 2.28. The quantitative estimate of drug-likeness (QED) is 0.383. The van der Waals surface area contributed by atoms with E-state index in [-0.39, 0.29) is 11.5 Å². The lowest BCUT2D eigenvalue weighted by molar-refractivity contribution is -0.140. The van der Waals surface area contributed by atoms with Gasteiger partial charge < -0.3 is 9.64 Å². The molecule has 1 fully saturated rings. The van der Waals surface area contributed by atoms with Gasteiger partial charge in [0.15, 0.2) is 6.10 Å². The third-order valence-electron chi connectivity index (χ3n) is 6.30. The van der Waals surface area contributed by atoms with Crippen molar-refractivity contribution in [2.75, 3.05) is 26.2 Å². The first-order chi connectivity index (χ1) is 17.5. The van der Waals surface area contributed by atoms with Crippen LogP contribution in [0.4, 0.5) is 0 Å². The lowest BCUT2D eigenvalue weighted by Gasteiger charge is -2.36. The molecule has 9 heteroatoms. The Morgan fingerprint density at radius 1 is 1.06 bits per heavy atom. The predicted molar refractivity (Wildman–Crippen MR) is 140 cm³/mol. The van der Waals surface area contributed by atoms with Gasteiger partial charge in [-0.25, -0.2) is 4.98 Å². The van der Waals surface area contributed by atoms with Gasteiger partial charge in [0.2, 0.25) is 4.96 Å². The largest absolute Gasteiger partial charge is 0.481 e. The predicted octanol–water partition coefficient (Wildman–Crippen LogP) is 3.63. The summed E-state index contributed by atoms with van der Waals surface area (Å²) in [6.07, 6.45) is 0.123. The van der Waals surface area contributed by atoms with Crippen LogP contribution >= 0.6 is 11.3 Å². The van der Waals surface area contributed by atoms with Crippen LogP contribution in [0.15, 0.2) is 65.5 Å². The molecule has 0 bridgehead atoms. The number of rotatable bonds is 7. The van der Waals surface area contributed by atoms with Gasteiger partial charge in [-0.15, -0.1) is 0 Å². The summed E-state index contributed by atoms with van der Waals surface area (Å²) >= 11 is 1.42. The third kappa shape index (κ3) is 5.32. The smallest absolute Gasteiger partial charge is 0.275 e. The van der Waals surface area contributed by atoms with Crippen LogP contribution in [0, 0.1) is 6.92 Å². The highest BCUT2D eigenvalue weighted by Crippen LogP contribution is 2.25. The van der Waals surface area contributed by atoms with Crippen LogP contribution in [-0.2, 0) is 11.3 Å². The Hall–Kier alpha value is -3.56. The van der Waals surface area contributed by atoms with Crippen LogP contribution in [-0.4, -0.2) is 62.6 Å². The number of aryl methyl sites for hydroxylation is 1. The molecule has 36 heavy (non-hydrogen) atoms. The normalized spacial score (nSPS) is 15.2. The Morgan fingerprint density at radius 3 is 2.56 bits per heavy atom. The van der Waals surface area contributed by atoms with Crippen molar-refractivity contribution in [1.29, 1.82) is 0 Å². The molecule has 2 aromatic heterocycles. The van der Waals surface area contributed by atoms with Gasteiger partial charge in [-0.1, -0.05) is 60.2 Å². The SMILES string of the molecule is CCC(Oc1ccccc1)C(=O)N1CCN(Cc2cc(=O)n3nc(-c4cccc(C)c4)sc3n2)CC1. The minimum absolute atomic E-state index is 0.0205. The highest BCUT2D eigenvalue weighted by molar-refractivity contribution is 7.19. The van der Waals surface area contributed by atoms with Gasteiger partial charge in [0, 0.05) is 44.4 Å². The van der Waals surface area contributed by atoms with Gasteiger partial charge in [-0.3, -0.25) is 14.5 Å². The molecule has 0 radical (unpaired) electrons. The van der Waals surface area contributed by atoms with Crippen LogP contribution in [0.2, 0.25) is 0 Å². The van der Waals surface area contributed by atoms with Crippen LogP contribution in [0.5, 0.6) is 5.75 Å². The topological polar surface area (TPSA) is 80.0 Å². The van der Waals surface area contributed by atoms with E-state index in [2.05, 4.69) is 16.1 Å². The molecule has 2 aromatic carbocycles. The maximum atomic E-state index is 13.1. The molecular formula is C27H29N5O3S. The Kier molecular flexibility index (Phi) is 7.11. The van der Waals surface area contributed by atoms with Gasteiger partial charge in [0.25, 0.3) is 11.5 Å². The van der Waals surface area contributed by atoms with E-state index in [1.54, 1.807) is 6.07 Å². The fourth-order valence-electron chi connectivity index (χ4n) is 4.36. The molecule has 4 aromatic rings. The lowest BCUT2D eigenvalue weighted by Crippen LogP contribution is -2.52. The number of amides is 1. The zero-order valence-corrected chi connectivity index (χ0v) is 21.3. The average molecular weight is 504 g/mol. The maximum Gasteiger partial charge on any atom is 0.275 e. The van der Waals surface area contributed by atoms with Crippen molar-refractivity contribution >= 4 is 22.2 Å². The molecule has 0 N–H and O–H groups in total. The second kappa shape index (κ2) is 10.6. The van der Waals surface area contributed by atoms with Gasteiger partial charge in [-0.2, -0.15) is 9.61 Å². The molecule has 3 heterocycles. The van der Waals surface area contributed by atoms with Crippen LogP contribution in [0.1, 0.15) is 24.6 Å². The molecule has 186 valence electrons. The average Bonchev–Trinajstić information content (AvgIpc) is 3.33. The molecule has 1 saturated heterocycles. The molecule has 0 aliphatic carbocycles. The summed E-state index contributed by atoms with van der Waals surface area (Å²) in [5.41, 5.74) is 2.66. The van der Waals surface area contributed by atoms with E-state index in [1.807, 2.05) is 67.3 Å².